The van der Waals surface area contributed by atoms with E-state index < -0.39 is 5.82 Å². The summed E-state index contributed by atoms with van der Waals surface area (Å²) in [7, 11) is 0. The fraction of sp³-hybridized carbons (Fsp3) is 0.400. The molecule has 128 valence electrons. The highest BCUT2D eigenvalue weighted by atomic mass is 79.9. The number of benzene rings is 1. The molecule has 8 heteroatoms. The van der Waals surface area contributed by atoms with E-state index in [0.717, 1.165) is 5.71 Å². The highest BCUT2D eigenvalue weighted by Gasteiger charge is 2.12. The third-order valence-corrected chi connectivity index (χ3v) is 3.09. The third-order valence-electron chi connectivity index (χ3n) is 2.33. The Morgan fingerprint density at radius 3 is 2.65 bits per heavy atom. The topological polar surface area (TPSA) is 40.0 Å². The summed E-state index contributed by atoms with van der Waals surface area (Å²) in [6.07, 6.45) is 2.14. The van der Waals surface area contributed by atoms with Gasteiger partial charge in [-0.2, -0.15) is 0 Å². The summed E-state index contributed by atoms with van der Waals surface area (Å²) in [4.78, 5) is 5.02. The molecule has 0 unspecified atom stereocenters. The van der Waals surface area contributed by atoms with E-state index in [9.17, 15) is 4.39 Å². The van der Waals surface area contributed by atoms with Crippen LogP contribution in [0.4, 0.5) is 4.39 Å². The first kappa shape index (κ1) is 20.1. The maximum Gasteiger partial charge on any atom is 0.173 e. The van der Waals surface area contributed by atoms with Crippen molar-refractivity contribution in [1.82, 2.24) is 0 Å². The minimum absolute atomic E-state index is 0.0109. The zero-order valence-corrected chi connectivity index (χ0v) is 15.8. The van der Waals surface area contributed by atoms with Gasteiger partial charge in [0.25, 0.3) is 0 Å². The summed E-state index contributed by atoms with van der Waals surface area (Å²) in [6, 6.07) is 2.69. The smallest absolute Gasteiger partial charge is 0.173 e. The minimum atomic E-state index is -0.593. The number of rotatable bonds is 9. The van der Waals surface area contributed by atoms with Crippen molar-refractivity contribution in [2.75, 3.05) is 19.8 Å². The van der Waals surface area contributed by atoms with E-state index in [1.807, 2.05) is 13.8 Å². The summed E-state index contributed by atoms with van der Waals surface area (Å²) in [6.45, 7) is 4.49. The van der Waals surface area contributed by atoms with Gasteiger partial charge in [0.1, 0.15) is 19.0 Å². The second kappa shape index (κ2) is 10.7. The first-order valence-corrected chi connectivity index (χ1v) is 8.34. The van der Waals surface area contributed by atoms with Crippen LogP contribution in [0, 0.1) is 5.82 Å². The van der Waals surface area contributed by atoms with Crippen molar-refractivity contribution in [3.63, 3.8) is 0 Å². The average molecular weight is 429 g/mol. The van der Waals surface area contributed by atoms with Gasteiger partial charge in [0.05, 0.1) is 21.3 Å². The second-order valence-corrected chi connectivity index (χ2v) is 6.72. The molecule has 1 rings (SSSR count). The van der Waals surface area contributed by atoms with Crippen LogP contribution >= 0.6 is 39.1 Å². The Hall–Kier alpha value is -0.980. The third kappa shape index (κ3) is 8.44. The Bertz CT molecular complexity index is 551. The maximum absolute atomic E-state index is 14.0. The lowest BCUT2D eigenvalue weighted by atomic mass is 10.3. The molecule has 0 spiro atoms. The first-order chi connectivity index (χ1) is 10.9. The van der Waals surface area contributed by atoms with Crippen LogP contribution in [0.3, 0.4) is 0 Å². The highest BCUT2D eigenvalue weighted by Crippen LogP contribution is 2.32. The molecule has 1 aromatic carbocycles. The standard InChI is InChI=1S/C15H17BrCl2FNO3/c1-10(2)20-23-6-3-5-22-15-12(17)8-11(9-13(15)19)21-7-4-14(16)18/h4,8-9H,3,5-7H2,1-2H3/b14-4-. The lowest BCUT2D eigenvalue weighted by Crippen LogP contribution is -2.04. The Kier molecular flexibility index (Phi) is 9.36. The lowest BCUT2D eigenvalue weighted by Gasteiger charge is -2.11. The van der Waals surface area contributed by atoms with Crippen molar-refractivity contribution in [2.24, 2.45) is 5.16 Å². The molecule has 0 aliphatic heterocycles. The van der Waals surface area contributed by atoms with Crippen molar-refractivity contribution in [2.45, 2.75) is 20.3 Å². The monoisotopic (exact) mass is 427 g/mol. The van der Waals surface area contributed by atoms with Gasteiger partial charge in [0.2, 0.25) is 0 Å². The molecular weight excluding hydrogens is 412 g/mol. The number of nitrogens with zero attached hydrogens (tertiary/aromatic N) is 1. The molecule has 0 amide bonds. The molecule has 4 nitrogen and oxygen atoms in total. The molecule has 0 fully saturated rings. The molecule has 0 saturated heterocycles. The number of halogens is 4. The molecular formula is C15H17BrCl2FNO3. The maximum atomic E-state index is 14.0. The fourth-order valence-electron chi connectivity index (χ4n) is 1.43. The van der Waals surface area contributed by atoms with E-state index >= 15 is 0 Å². The van der Waals surface area contributed by atoms with Gasteiger partial charge >= 0.3 is 0 Å². The molecule has 0 atom stereocenters. The normalized spacial score (nSPS) is 11.1. The van der Waals surface area contributed by atoms with E-state index in [4.69, 9.17) is 37.5 Å². The number of ether oxygens (including phenoxy) is 2. The summed E-state index contributed by atoms with van der Waals surface area (Å²) in [5.41, 5.74) is 0.826. The zero-order chi connectivity index (χ0) is 17.2. The van der Waals surface area contributed by atoms with Crippen LogP contribution in [0.5, 0.6) is 11.5 Å². The average Bonchev–Trinajstić information content (AvgIpc) is 2.44. The Labute approximate surface area is 153 Å². The van der Waals surface area contributed by atoms with Crippen LogP contribution in [-0.4, -0.2) is 25.5 Å². The van der Waals surface area contributed by atoms with E-state index in [1.165, 1.54) is 12.1 Å². The van der Waals surface area contributed by atoms with Gasteiger partial charge in [-0.1, -0.05) is 28.4 Å². The molecule has 0 aliphatic carbocycles. The molecule has 0 radical (unpaired) electrons. The number of hydrogen-bond donors (Lipinski definition) is 0. The quantitative estimate of drug-likeness (QED) is 0.295. The van der Waals surface area contributed by atoms with Gasteiger partial charge in [0, 0.05) is 18.6 Å². The number of oxime groups is 1. The molecule has 1 aromatic rings. The summed E-state index contributed by atoms with van der Waals surface area (Å²) < 4.78 is 25.0. The molecule has 0 bridgehead atoms. The van der Waals surface area contributed by atoms with Crippen molar-refractivity contribution in [1.29, 1.82) is 0 Å². The predicted octanol–water partition coefficient (Wildman–Crippen LogP) is 5.51. The molecule has 0 aliphatic rings. The summed E-state index contributed by atoms with van der Waals surface area (Å²) >= 11 is 14.7. The van der Waals surface area contributed by atoms with Crippen LogP contribution in [0.1, 0.15) is 20.3 Å². The first-order valence-electron chi connectivity index (χ1n) is 6.79. The van der Waals surface area contributed by atoms with E-state index in [2.05, 4.69) is 21.1 Å². The van der Waals surface area contributed by atoms with Crippen LogP contribution in [0.2, 0.25) is 5.02 Å². The lowest BCUT2D eigenvalue weighted by molar-refractivity contribution is 0.126. The van der Waals surface area contributed by atoms with Gasteiger partial charge in [-0.3, -0.25) is 0 Å². The van der Waals surface area contributed by atoms with E-state index in [1.54, 1.807) is 6.08 Å². The van der Waals surface area contributed by atoms with E-state index in [-0.39, 0.29) is 29.7 Å². The van der Waals surface area contributed by atoms with Gasteiger partial charge in [0.15, 0.2) is 11.6 Å². The van der Waals surface area contributed by atoms with Crippen LogP contribution < -0.4 is 9.47 Å². The molecule has 0 heterocycles. The van der Waals surface area contributed by atoms with Crippen molar-refractivity contribution in [3.8, 4) is 11.5 Å². The van der Waals surface area contributed by atoms with Crippen molar-refractivity contribution in [3.05, 3.63) is 33.0 Å². The summed E-state index contributed by atoms with van der Waals surface area (Å²) in [5.74, 6) is -0.314. The van der Waals surface area contributed by atoms with Gasteiger partial charge in [-0.25, -0.2) is 4.39 Å². The van der Waals surface area contributed by atoms with Crippen LogP contribution in [0.15, 0.2) is 27.3 Å². The molecule has 0 N–H and O–H groups in total. The molecule has 23 heavy (non-hydrogen) atoms. The molecule has 0 saturated carbocycles. The summed E-state index contributed by atoms with van der Waals surface area (Å²) in [5, 5.41) is 3.92. The largest absolute Gasteiger partial charge is 0.489 e. The SMILES string of the molecule is CC(C)=NOCCCOc1c(F)cc(OC/C=C(\Cl)Br)cc1Cl. The van der Waals surface area contributed by atoms with E-state index in [0.29, 0.717) is 17.0 Å². The fourth-order valence-corrected chi connectivity index (χ4v) is 1.88. The highest BCUT2D eigenvalue weighted by molar-refractivity contribution is 9.12. The Morgan fingerprint density at radius 2 is 2.04 bits per heavy atom. The Morgan fingerprint density at radius 1 is 1.30 bits per heavy atom. The van der Waals surface area contributed by atoms with Crippen LogP contribution in [-0.2, 0) is 4.84 Å². The second-order valence-electron chi connectivity index (χ2n) is 4.59. The van der Waals surface area contributed by atoms with Crippen molar-refractivity contribution < 1.29 is 18.7 Å². The van der Waals surface area contributed by atoms with Gasteiger partial charge < -0.3 is 14.3 Å². The van der Waals surface area contributed by atoms with Gasteiger partial charge in [-0.15, -0.1) is 0 Å². The van der Waals surface area contributed by atoms with Gasteiger partial charge in [-0.05, 0) is 35.9 Å². The minimum Gasteiger partial charge on any atom is -0.489 e. The predicted molar refractivity (Wildman–Crippen MR) is 94.6 cm³/mol. The van der Waals surface area contributed by atoms with Crippen LogP contribution in [0.25, 0.3) is 0 Å². The zero-order valence-electron chi connectivity index (χ0n) is 12.7. The Balaban J connectivity index is 2.50. The van der Waals surface area contributed by atoms with Crippen molar-refractivity contribution >= 4 is 44.8 Å². The number of hydrogen-bond acceptors (Lipinski definition) is 4. The molecule has 0 aromatic heterocycles.